The summed E-state index contributed by atoms with van der Waals surface area (Å²) in [6, 6.07) is 0. The van der Waals surface area contributed by atoms with Gasteiger partial charge in [0.2, 0.25) is 5.91 Å². The van der Waals surface area contributed by atoms with Gasteiger partial charge in [0.05, 0.1) is 0 Å². The third-order valence-electron chi connectivity index (χ3n) is 4.00. The van der Waals surface area contributed by atoms with Crippen LogP contribution in [0.1, 0.15) is 65.2 Å². The minimum atomic E-state index is -1.18. The molecule has 1 aliphatic carbocycles. The summed E-state index contributed by atoms with van der Waals surface area (Å²) < 4.78 is 0. The number of carboxylic acids is 1. The molecular weight excluding hydrogens is 244 g/mol. The van der Waals surface area contributed by atoms with E-state index in [0.717, 1.165) is 25.7 Å². The van der Waals surface area contributed by atoms with Crippen molar-refractivity contribution in [2.45, 2.75) is 76.3 Å². The Balaban J connectivity index is 2.60. The molecule has 1 fully saturated rings. The quantitative estimate of drug-likeness (QED) is 0.686. The zero-order chi connectivity index (χ0) is 14.5. The summed E-state index contributed by atoms with van der Waals surface area (Å²) >= 11 is 0. The summed E-state index contributed by atoms with van der Waals surface area (Å²) in [5.41, 5.74) is 4.59. The third kappa shape index (κ3) is 4.49. The van der Waals surface area contributed by atoms with Crippen molar-refractivity contribution in [3.05, 3.63) is 0 Å². The SMILES string of the molecule is CCCC(C)(NC(=O)CC1(N)CCCCC1)C(=O)O. The van der Waals surface area contributed by atoms with Gasteiger partial charge in [-0.05, 0) is 26.2 Å². The lowest BCUT2D eigenvalue weighted by atomic mass is 9.80. The van der Waals surface area contributed by atoms with Gasteiger partial charge >= 0.3 is 5.97 Å². The van der Waals surface area contributed by atoms with E-state index in [1.54, 1.807) is 6.92 Å². The van der Waals surface area contributed by atoms with Crippen molar-refractivity contribution >= 4 is 11.9 Å². The number of nitrogens with one attached hydrogen (secondary N) is 1. The summed E-state index contributed by atoms with van der Waals surface area (Å²) in [4.78, 5) is 23.3. The number of amides is 1. The smallest absolute Gasteiger partial charge is 0.329 e. The molecule has 19 heavy (non-hydrogen) atoms. The Morgan fingerprint density at radius 3 is 2.37 bits per heavy atom. The fourth-order valence-electron chi connectivity index (χ4n) is 2.83. The molecule has 1 unspecified atom stereocenters. The molecule has 0 aromatic carbocycles. The minimum Gasteiger partial charge on any atom is -0.480 e. The van der Waals surface area contributed by atoms with Crippen LogP contribution >= 0.6 is 0 Å². The molecule has 0 spiro atoms. The maximum atomic E-state index is 12.1. The van der Waals surface area contributed by atoms with Gasteiger partial charge in [-0.15, -0.1) is 0 Å². The number of carboxylic acid groups (broad SMARTS) is 1. The molecule has 0 aromatic heterocycles. The topological polar surface area (TPSA) is 92.4 Å². The molecule has 1 saturated carbocycles. The maximum absolute atomic E-state index is 12.1. The van der Waals surface area contributed by atoms with Crippen LogP contribution in [0.2, 0.25) is 0 Å². The minimum absolute atomic E-state index is 0.222. The normalized spacial score (nSPS) is 21.4. The van der Waals surface area contributed by atoms with Crippen molar-refractivity contribution in [1.82, 2.24) is 5.32 Å². The Morgan fingerprint density at radius 2 is 1.89 bits per heavy atom. The molecule has 0 bridgehead atoms. The molecule has 1 rings (SSSR count). The summed E-state index contributed by atoms with van der Waals surface area (Å²) in [6.45, 7) is 3.46. The van der Waals surface area contributed by atoms with Gasteiger partial charge in [-0.1, -0.05) is 32.6 Å². The van der Waals surface area contributed by atoms with E-state index in [4.69, 9.17) is 5.73 Å². The standard InChI is InChI=1S/C14H26N2O3/c1-3-7-13(2,12(18)19)16-11(17)10-14(15)8-5-4-6-9-14/h3-10,15H2,1-2H3,(H,16,17)(H,18,19). The van der Waals surface area contributed by atoms with E-state index in [1.807, 2.05) is 6.92 Å². The molecule has 5 nitrogen and oxygen atoms in total. The summed E-state index contributed by atoms with van der Waals surface area (Å²) in [6.07, 6.45) is 6.31. The van der Waals surface area contributed by atoms with Crippen LogP contribution in [0.4, 0.5) is 0 Å². The molecule has 1 aliphatic rings. The van der Waals surface area contributed by atoms with Gasteiger partial charge in [-0.25, -0.2) is 4.79 Å². The maximum Gasteiger partial charge on any atom is 0.329 e. The zero-order valence-corrected chi connectivity index (χ0v) is 12.0. The van der Waals surface area contributed by atoms with Crippen molar-refractivity contribution in [1.29, 1.82) is 0 Å². The lowest BCUT2D eigenvalue weighted by Crippen LogP contribution is -2.55. The highest BCUT2D eigenvalue weighted by Crippen LogP contribution is 2.28. The van der Waals surface area contributed by atoms with Crippen molar-refractivity contribution in [3.63, 3.8) is 0 Å². The Kier molecular flexibility index (Phi) is 5.35. The second-order valence-corrected chi connectivity index (χ2v) is 6.04. The van der Waals surface area contributed by atoms with Crippen molar-refractivity contribution in [2.24, 2.45) is 5.73 Å². The van der Waals surface area contributed by atoms with Gasteiger partial charge in [0.25, 0.3) is 0 Å². The van der Waals surface area contributed by atoms with E-state index in [0.29, 0.717) is 12.8 Å². The first-order chi connectivity index (χ1) is 8.81. The third-order valence-corrected chi connectivity index (χ3v) is 4.00. The van der Waals surface area contributed by atoms with Crippen molar-refractivity contribution in [2.75, 3.05) is 0 Å². The second-order valence-electron chi connectivity index (χ2n) is 6.04. The molecule has 0 heterocycles. The van der Waals surface area contributed by atoms with Crippen LogP contribution in [0.15, 0.2) is 0 Å². The van der Waals surface area contributed by atoms with Gasteiger partial charge in [0.15, 0.2) is 0 Å². The fraction of sp³-hybridized carbons (Fsp3) is 0.857. The predicted octanol–water partition coefficient (Wildman–Crippen LogP) is 1.80. The highest BCUT2D eigenvalue weighted by Gasteiger charge is 2.36. The van der Waals surface area contributed by atoms with E-state index < -0.39 is 17.0 Å². The molecule has 0 aromatic rings. The number of hydrogen-bond donors (Lipinski definition) is 3. The summed E-state index contributed by atoms with van der Waals surface area (Å²) in [5, 5.41) is 11.9. The Hall–Kier alpha value is -1.10. The number of rotatable bonds is 6. The van der Waals surface area contributed by atoms with Crippen molar-refractivity contribution in [3.8, 4) is 0 Å². The fourth-order valence-corrected chi connectivity index (χ4v) is 2.83. The van der Waals surface area contributed by atoms with E-state index in [9.17, 15) is 14.7 Å². The molecule has 0 radical (unpaired) electrons. The highest BCUT2D eigenvalue weighted by atomic mass is 16.4. The largest absolute Gasteiger partial charge is 0.480 e. The number of aliphatic carboxylic acids is 1. The number of hydrogen-bond acceptors (Lipinski definition) is 3. The summed E-state index contributed by atoms with van der Waals surface area (Å²) in [5.74, 6) is -1.24. The lowest BCUT2D eigenvalue weighted by molar-refractivity contribution is -0.147. The molecule has 0 saturated heterocycles. The Morgan fingerprint density at radius 1 is 1.32 bits per heavy atom. The highest BCUT2D eigenvalue weighted by molar-refractivity contribution is 5.87. The van der Waals surface area contributed by atoms with Gasteiger partial charge in [0.1, 0.15) is 5.54 Å². The van der Waals surface area contributed by atoms with Crippen LogP contribution in [0.5, 0.6) is 0 Å². The van der Waals surface area contributed by atoms with Gasteiger partial charge in [-0.2, -0.15) is 0 Å². The van der Waals surface area contributed by atoms with Crippen LogP contribution in [-0.2, 0) is 9.59 Å². The monoisotopic (exact) mass is 270 g/mol. The van der Waals surface area contributed by atoms with Crippen LogP contribution in [0.3, 0.4) is 0 Å². The first-order valence-electron chi connectivity index (χ1n) is 7.15. The van der Waals surface area contributed by atoms with Gasteiger partial charge in [0, 0.05) is 12.0 Å². The van der Waals surface area contributed by atoms with E-state index in [-0.39, 0.29) is 12.3 Å². The average Bonchev–Trinajstić information content (AvgIpc) is 2.28. The summed E-state index contributed by atoms with van der Waals surface area (Å²) in [7, 11) is 0. The second kappa shape index (κ2) is 6.37. The zero-order valence-electron chi connectivity index (χ0n) is 12.0. The predicted molar refractivity (Wildman–Crippen MR) is 73.7 cm³/mol. The van der Waals surface area contributed by atoms with Crippen LogP contribution < -0.4 is 11.1 Å². The van der Waals surface area contributed by atoms with Crippen molar-refractivity contribution < 1.29 is 14.7 Å². The Labute approximate surface area is 114 Å². The first kappa shape index (κ1) is 16.0. The molecule has 1 atom stereocenters. The van der Waals surface area contributed by atoms with Gasteiger partial charge < -0.3 is 16.2 Å². The lowest BCUT2D eigenvalue weighted by Gasteiger charge is -2.34. The molecule has 4 N–H and O–H groups in total. The van der Waals surface area contributed by atoms with Crippen LogP contribution in [-0.4, -0.2) is 28.1 Å². The number of carbonyl (C=O) groups excluding carboxylic acids is 1. The van der Waals surface area contributed by atoms with E-state index in [2.05, 4.69) is 5.32 Å². The Bertz CT molecular complexity index is 338. The van der Waals surface area contributed by atoms with E-state index in [1.165, 1.54) is 6.42 Å². The molecule has 0 aliphatic heterocycles. The van der Waals surface area contributed by atoms with Gasteiger partial charge in [-0.3, -0.25) is 4.79 Å². The van der Waals surface area contributed by atoms with E-state index >= 15 is 0 Å². The molecule has 1 amide bonds. The molecular formula is C14H26N2O3. The van der Waals surface area contributed by atoms with Crippen LogP contribution in [0, 0.1) is 0 Å². The first-order valence-corrected chi connectivity index (χ1v) is 7.15. The average molecular weight is 270 g/mol. The van der Waals surface area contributed by atoms with Crippen LogP contribution in [0.25, 0.3) is 0 Å². The number of nitrogens with two attached hydrogens (primary N) is 1. The number of carbonyl (C=O) groups is 2. The molecule has 5 heteroatoms. The molecule has 110 valence electrons.